The van der Waals surface area contributed by atoms with E-state index in [1.807, 2.05) is 12.1 Å². The first-order valence-corrected chi connectivity index (χ1v) is 11.5. The minimum Gasteiger partial charge on any atom is -0.462 e. The Balaban J connectivity index is 1.25. The van der Waals surface area contributed by atoms with E-state index < -0.39 is 0 Å². The van der Waals surface area contributed by atoms with Gasteiger partial charge in [0.15, 0.2) is 0 Å². The summed E-state index contributed by atoms with van der Waals surface area (Å²) in [5, 5.41) is 3.17. The predicted octanol–water partition coefficient (Wildman–Crippen LogP) is 2.62. The second-order valence-corrected chi connectivity index (χ2v) is 8.67. The molecule has 7 heteroatoms. The Bertz CT molecular complexity index is 913. The van der Waals surface area contributed by atoms with Gasteiger partial charge in [-0.2, -0.15) is 0 Å². The molecule has 0 radical (unpaired) electrons. The molecule has 0 unspecified atom stereocenters. The van der Waals surface area contributed by atoms with Crippen LogP contribution in [0.1, 0.15) is 42.1 Å². The molecule has 1 aliphatic heterocycles. The van der Waals surface area contributed by atoms with Gasteiger partial charge in [-0.25, -0.2) is 9.78 Å². The molecule has 1 aromatic heterocycles. The van der Waals surface area contributed by atoms with Gasteiger partial charge in [-0.15, -0.1) is 0 Å². The zero-order valence-corrected chi connectivity index (χ0v) is 18.8. The molecule has 2 aliphatic rings. The molecule has 0 atom stereocenters. The van der Waals surface area contributed by atoms with Crippen molar-refractivity contribution in [3.63, 3.8) is 0 Å². The molecule has 170 valence electrons. The van der Waals surface area contributed by atoms with Crippen molar-refractivity contribution >= 4 is 17.7 Å². The van der Waals surface area contributed by atoms with Crippen LogP contribution in [-0.2, 0) is 14.9 Å². The molecule has 2 fully saturated rings. The molecular formula is C25H32N4O3. The van der Waals surface area contributed by atoms with E-state index in [9.17, 15) is 9.59 Å². The van der Waals surface area contributed by atoms with E-state index >= 15 is 0 Å². The Morgan fingerprint density at radius 1 is 1.06 bits per heavy atom. The largest absolute Gasteiger partial charge is 0.462 e. The lowest BCUT2D eigenvalue weighted by Crippen LogP contribution is -2.41. The molecule has 7 nitrogen and oxygen atoms in total. The van der Waals surface area contributed by atoms with Crippen LogP contribution in [0.2, 0.25) is 0 Å². The maximum Gasteiger partial charge on any atom is 0.339 e. The number of carbonyl (C=O) groups is 2. The smallest absolute Gasteiger partial charge is 0.339 e. The first-order chi connectivity index (χ1) is 15.6. The van der Waals surface area contributed by atoms with Gasteiger partial charge in [0.2, 0.25) is 5.91 Å². The lowest BCUT2D eigenvalue weighted by molar-refractivity contribution is -0.122. The second kappa shape index (κ2) is 10.1. The number of nitrogens with one attached hydrogen (secondary N) is 1. The maximum absolute atomic E-state index is 12.6. The highest BCUT2D eigenvalue weighted by molar-refractivity contribution is 5.89. The van der Waals surface area contributed by atoms with Crippen LogP contribution in [0.3, 0.4) is 0 Å². The van der Waals surface area contributed by atoms with Crippen molar-refractivity contribution in [2.24, 2.45) is 0 Å². The Hall–Kier alpha value is -2.93. The Morgan fingerprint density at radius 2 is 1.88 bits per heavy atom. The van der Waals surface area contributed by atoms with Crippen molar-refractivity contribution in [1.29, 1.82) is 0 Å². The normalized spacial score (nSPS) is 18.0. The summed E-state index contributed by atoms with van der Waals surface area (Å²) in [4.78, 5) is 33.3. The van der Waals surface area contributed by atoms with Crippen LogP contribution >= 0.6 is 0 Å². The Labute approximate surface area is 189 Å². The van der Waals surface area contributed by atoms with Crippen molar-refractivity contribution in [1.82, 2.24) is 15.2 Å². The molecule has 0 bridgehead atoms. The summed E-state index contributed by atoms with van der Waals surface area (Å²) in [7, 11) is 0. The number of rotatable bonds is 8. The van der Waals surface area contributed by atoms with E-state index in [1.165, 1.54) is 5.56 Å². The fourth-order valence-electron chi connectivity index (χ4n) is 4.30. The number of ether oxygens (including phenoxy) is 1. The highest BCUT2D eigenvalue weighted by atomic mass is 16.5. The molecule has 1 aromatic carbocycles. The van der Waals surface area contributed by atoms with E-state index in [0.29, 0.717) is 25.3 Å². The molecule has 1 aliphatic carbocycles. The number of benzene rings is 1. The van der Waals surface area contributed by atoms with E-state index in [0.717, 1.165) is 51.3 Å². The van der Waals surface area contributed by atoms with Gasteiger partial charge in [-0.3, -0.25) is 9.69 Å². The fraction of sp³-hybridized carbons (Fsp3) is 0.480. The quantitative estimate of drug-likeness (QED) is 0.642. The maximum atomic E-state index is 12.6. The van der Waals surface area contributed by atoms with Crippen molar-refractivity contribution in [3.8, 4) is 0 Å². The first kappa shape index (κ1) is 22.3. The van der Waals surface area contributed by atoms with Crippen molar-refractivity contribution < 1.29 is 14.3 Å². The van der Waals surface area contributed by atoms with E-state index in [2.05, 4.69) is 44.4 Å². The van der Waals surface area contributed by atoms with Gasteiger partial charge in [0.1, 0.15) is 5.82 Å². The third-order valence-electron chi connectivity index (χ3n) is 6.40. The average molecular weight is 437 g/mol. The van der Waals surface area contributed by atoms with Crippen LogP contribution < -0.4 is 10.2 Å². The molecule has 2 heterocycles. The highest BCUT2D eigenvalue weighted by Gasteiger charge is 2.44. The lowest BCUT2D eigenvalue weighted by Gasteiger charge is -2.23. The van der Waals surface area contributed by atoms with Crippen molar-refractivity contribution in [3.05, 3.63) is 59.8 Å². The van der Waals surface area contributed by atoms with Gasteiger partial charge in [0.25, 0.3) is 0 Å². The standard InChI is InChI=1S/C25H32N4O3/c1-2-32-24(31)20-9-10-22(26-17-20)29-14-6-13-28(15-16-29)18-23(30)27-19-25(11-12-25)21-7-4-3-5-8-21/h3-5,7-10,17H,2,6,11-16,18-19H2,1H3,(H,27,30). The van der Waals surface area contributed by atoms with Crippen molar-refractivity contribution in [2.45, 2.75) is 31.6 Å². The average Bonchev–Trinajstić information content (AvgIpc) is 3.64. The number of nitrogens with zero attached hydrogens (tertiary/aromatic N) is 3. The number of carbonyl (C=O) groups excluding carboxylic acids is 2. The van der Waals surface area contributed by atoms with E-state index in [1.54, 1.807) is 19.2 Å². The summed E-state index contributed by atoms with van der Waals surface area (Å²) < 4.78 is 5.02. The second-order valence-electron chi connectivity index (χ2n) is 8.67. The number of amides is 1. The van der Waals surface area contributed by atoms with Gasteiger partial charge in [0, 0.05) is 44.3 Å². The van der Waals surface area contributed by atoms with Gasteiger partial charge in [-0.1, -0.05) is 30.3 Å². The zero-order chi connectivity index (χ0) is 22.4. The molecule has 1 saturated carbocycles. The van der Waals surface area contributed by atoms with Gasteiger partial charge < -0.3 is 15.0 Å². The number of hydrogen-bond donors (Lipinski definition) is 1. The number of hydrogen-bond acceptors (Lipinski definition) is 6. The number of aromatic nitrogens is 1. The lowest BCUT2D eigenvalue weighted by atomic mass is 9.96. The van der Waals surface area contributed by atoms with Gasteiger partial charge in [-0.05, 0) is 43.9 Å². The minimum absolute atomic E-state index is 0.0950. The number of anilines is 1. The van der Waals surface area contributed by atoms with Crippen LogP contribution in [0.4, 0.5) is 5.82 Å². The summed E-state index contributed by atoms with van der Waals surface area (Å²) in [6.07, 6.45) is 4.81. The topological polar surface area (TPSA) is 74.8 Å². The van der Waals surface area contributed by atoms with Crippen LogP contribution in [0.5, 0.6) is 0 Å². The molecule has 2 aromatic rings. The summed E-state index contributed by atoms with van der Waals surface area (Å²) in [5.74, 6) is 0.598. The summed E-state index contributed by atoms with van der Waals surface area (Å²) in [6, 6.07) is 14.1. The molecule has 1 amide bonds. The third kappa shape index (κ3) is 5.46. The predicted molar refractivity (Wildman–Crippen MR) is 124 cm³/mol. The molecular weight excluding hydrogens is 404 g/mol. The monoisotopic (exact) mass is 436 g/mol. The zero-order valence-electron chi connectivity index (χ0n) is 18.8. The van der Waals surface area contributed by atoms with E-state index in [4.69, 9.17) is 4.74 Å². The Kier molecular flexibility index (Phi) is 7.05. The minimum atomic E-state index is -0.347. The van der Waals surface area contributed by atoms with E-state index in [-0.39, 0.29) is 17.3 Å². The number of esters is 1. The molecule has 0 spiro atoms. The Morgan fingerprint density at radius 3 is 2.56 bits per heavy atom. The van der Waals surface area contributed by atoms with Crippen LogP contribution in [0, 0.1) is 0 Å². The summed E-state index contributed by atoms with van der Waals surface area (Å²) >= 11 is 0. The van der Waals surface area contributed by atoms with Gasteiger partial charge in [0.05, 0.1) is 18.7 Å². The summed E-state index contributed by atoms with van der Waals surface area (Å²) in [6.45, 7) is 6.64. The summed E-state index contributed by atoms with van der Waals surface area (Å²) in [5.41, 5.74) is 1.92. The molecule has 1 N–H and O–H groups in total. The van der Waals surface area contributed by atoms with Crippen molar-refractivity contribution in [2.75, 3.05) is 50.8 Å². The highest BCUT2D eigenvalue weighted by Crippen LogP contribution is 2.47. The van der Waals surface area contributed by atoms with Crippen LogP contribution in [0.15, 0.2) is 48.7 Å². The van der Waals surface area contributed by atoms with Crippen LogP contribution in [-0.4, -0.2) is 67.6 Å². The van der Waals surface area contributed by atoms with Gasteiger partial charge >= 0.3 is 5.97 Å². The molecule has 1 saturated heterocycles. The fourth-order valence-corrected chi connectivity index (χ4v) is 4.30. The first-order valence-electron chi connectivity index (χ1n) is 11.5. The van der Waals surface area contributed by atoms with Crippen LogP contribution in [0.25, 0.3) is 0 Å². The number of pyridine rings is 1. The molecule has 4 rings (SSSR count). The third-order valence-corrected chi connectivity index (χ3v) is 6.40. The molecule has 32 heavy (non-hydrogen) atoms. The SMILES string of the molecule is CCOC(=O)c1ccc(N2CCCN(CC(=O)NCC3(c4ccccc4)CC3)CC2)nc1.